The Kier molecular flexibility index (Phi) is 2.96. The molecule has 1 rings (SSSR count). The third-order valence-electron chi connectivity index (χ3n) is 1.68. The maximum atomic E-state index is 4.53. The van der Waals surface area contributed by atoms with Gasteiger partial charge < -0.3 is 5.32 Å². The first-order chi connectivity index (χ1) is 5.89. The van der Waals surface area contributed by atoms with Gasteiger partial charge in [0.1, 0.15) is 0 Å². The van der Waals surface area contributed by atoms with Crippen molar-refractivity contribution < 1.29 is 0 Å². The highest BCUT2D eigenvalue weighted by Crippen LogP contribution is 2.26. The van der Waals surface area contributed by atoms with E-state index in [1.165, 1.54) is 5.69 Å². The minimum atomic E-state index is 0.160. The first-order valence-corrected chi connectivity index (χ1v) is 5.50. The standard InChI is InChI=1S/C10H18N2S/c1-7(2)11-9-12-8(6-13-9)10(3,4)5/h6-7H,1-5H3,(H,11,12). The molecule has 3 heteroatoms. The van der Waals surface area contributed by atoms with E-state index in [0.717, 1.165) is 5.13 Å². The van der Waals surface area contributed by atoms with Crippen LogP contribution in [0.1, 0.15) is 40.3 Å². The average molecular weight is 198 g/mol. The fraction of sp³-hybridized carbons (Fsp3) is 0.700. The molecule has 1 heterocycles. The van der Waals surface area contributed by atoms with Crippen LogP contribution in [0.3, 0.4) is 0 Å². The molecule has 0 atom stereocenters. The van der Waals surface area contributed by atoms with E-state index in [0.29, 0.717) is 6.04 Å². The second kappa shape index (κ2) is 3.66. The molecule has 0 fully saturated rings. The highest BCUT2D eigenvalue weighted by molar-refractivity contribution is 7.13. The molecule has 0 bridgehead atoms. The SMILES string of the molecule is CC(C)Nc1nc(C(C)(C)C)cs1. The zero-order valence-electron chi connectivity index (χ0n) is 9.01. The van der Waals surface area contributed by atoms with E-state index < -0.39 is 0 Å². The van der Waals surface area contributed by atoms with Gasteiger partial charge in [0.25, 0.3) is 0 Å². The Morgan fingerprint density at radius 3 is 2.38 bits per heavy atom. The summed E-state index contributed by atoms with van der Waals surface area (Å²) in [5.41, 5.74) is 1.33. The van der Waals surface area contributed by atoms with Crippen LogP contribution in [-0.4, -0.2) is 11.0 Å². The molecule has 74 valence electrons. The van der Waals surface area contributed by atoms with Gasteiger partial charge in [0.2, 0.25) is 0 Å². The van der Waals surface area contributed by atoms with Crippen LogP contribution >= 0.6 is 11.3 Å². The van der Waals surface area contributed by atoms with Crippen molar-refractivity contribution in [2.75, 3.05) is 5.32 Å². The van der Waals surface area contributed by atoms with Crippen molar-refractivity contribution in [3.8, 4) is 0 Å². The predicted molar refractivity (Wildman–Crippen MR) is 59.6 cm³/mol. The normalized spacial score (nSPS) is 12.2. The van der Waals surface area contributed by atoms with E-state index in [4.69, 9.17) is 0 Å². The average Bonchev–Trinajstić information content (AvgIpc) is 2.32. The largest absolute Gasteiger partial charge is 0.359 e. The highest BCUT2D eigenvalue weighted by atomic mass is 32.1. The minimum absolute atomic E-state index is 0.160. The van der Waals surface area contributed by atoms with E-state index in [1.54, 1.807) is 11.3 Å². The topological polar surface area (TPSA) is 24.9 Å². The fourth-order valence-corrected chi connectivity index (χ4v) is 2.02. The van der Waals surface area contributed by atoms with Gasteiger partial charge in [0.05, 0.1) is 5.69 Å². The Balaban J connectivity index is 2.75. The molecular formula is C10H18N2S. The number of nitrogens with one attached hydrogen (secondary N) is 1. The molecule has 0 aromatic carbocycles. The Hall–Kier alpha value is -0.570. The Bertz CT molecular complexity index is 271. The molecule has 13 heavy (non-hydrogen) atoms. The monoisotopic (exact) mass is 198 g/mol. The number of anilines is 1. The maximum absolute atomic E-state index is 4.53. The summed E-state index contributed by atoms with van der Waals surface area (Å²) in [4.78, 5) is 4.53. The Morgan fingerprint density at radius 2 is 2.00 bits per heavy atom. The molecule has 0 radical (unpaired) electrons. The minimum Gasteiger partial charge on any atom is -0.359 e. The first kappa shape index (κ1) is 10.5. The van der Waals surface area contributed by atoms with Crippen molar-refractivity contribution in [3.63, 3.8) is 0 Å². The summed E-state index contributed by atoms with van der Waals surface area (Å²) >= 11 is 1.68. The number of aromatic nitrogens is 1. The van der Waals surface area contributed by atoms with Crippen LogP contribution in [0.15, 0.2) is 5.38 Å². The van der Waals surface area contributed by atoms with Crippen LogP contribution in [-0.2, 0) is 5.41 Å². The number of hydrogen-bond acceptors (Lipinski definition) is 3. The van der Waals surface area contributed by atoms with Crippen LogP contribution in [0, 0.1) is 0 Å². The zero-order valence-corrected chi connectivity index (χ0v) is 9.83. The molecule has 0 aliphatic heterocycles. The van der Waals surface area contributed by atoms with Gasteiger partial charge in [-0.1, -0.05) is 20.8 Å². The quantitative estimate of drug-likeness (QED) is 0.789. The summed E-state index contributed by atoms with van der Waals surface area (Å²) in [7, 11) is 0. The fourth-order valence-electron chi connectivity index (χ4n) is 0.931. The van der Waals surface area contributed by atoms with Crippen molar-refractivity contribution in [3.05, 3.63) is 11.1 Å². The first-order valence-electron chi connectivity index (χ1n) is 4.62. The molecule has 1 N–H and O–H groups in total. The molecule has 2 nitrogen and oxygen atoms in total. The molecule has 0 aliphatic rings. The lowest BCUT2D eigenvalue weighted by Crippen LogP contribution is -2.13. The lowest BCUT2D eigenvalue weighted by molar-refractivity contribution is 0.573. The van der Waals surface area contributed by atoms with Gasteiger partial charge >= 0.3 is 0 Å². The Morgan fingerprint density at radius 1 is 1.38 bits per heavy atom. The van der Waals surface area contributed by atoms with E-state index in [9.17, 15) is 0 Å². The molecule has 0 saturated heterocycles. The molecule has 0 spiro atoms. The maximum Gasteiger partial charge on any atom is 0.183 e. The molecule has 0 amide bonds. The van der Waals surface area contributed by atoms with Crippen LogP contribution in [0.25, 0.3) is 0 Å². The van der Waals surface area contributed by atoms with E-state index in [2.05, 4.69) is 50.3 Å². The van der Waals surface area contributed by atoms with Crippen molar-refractivity contribution in [2.24, 2.45) is 0 Å². The van der Waals surface area contributed by atoms with Gasteiger partial charge in [0, 0.05) is 16.8 Å². The van der Waals surface area contributed by atoms with Gasteiger partial charge in [-0.05, 0) is 13.8 Å². The predicted octanol–water partition coefficient (Wildman–Crippen LogP) is 3.26. The van der Waals surface area contributed by atoms with Gasteiger partial charge in [0.15, 0.2) is 5.13 Å². The molecule has 0 aliphatic carbocycles. The molecular weight excluding hydrogens is 180 g/mol. The molecule has 0 unspecified atom stereocenters. The van der Waals surface area contributed by atoms with Gasteiger partial charge in [-0.25, -0.2) is 4.98 Å². The van der Waals surface area contributed by atoms with Crippen LogP contribution in [0.4, 0.5) is 5.13 Å². The lowest BCUT2D eigenvalue weighted by Gasteiger charge is -2.14. The molecule has 0 saturated carbocycles. The number of hydrogen-bond donors (Lipinski definition) is 1. The van der Waals surface area contributed by atoms with Crippen molar-refractivity contribution in [2.45, 2.75) is 46.1 Å². The molecule has 1 aromatic heterocycles. The highest BCUT2D eigenvalue weighted by Gasteiger charge is 2.17. The van der Waals surface area contributed by atoms with Crippen molar-refractivity contribution >= 4 is 16.5 Å². The van der Waals surface area contributed by atoms with Crippen LogP contribution in [0.2, 0.25) is 0 Å². The molecule has 1 aromatic rings. The van der Waals surface area contributed by atoms with Crippen LogP contribution < -0.4 is 5.32 Å². The second-order valence-corrected chi connectivity index (χ2v) is 5.45. The van der Waals surface area contributed by atoms with E-state index >= 15 is 0 Å². The van der Waals surface area contributed by atoms with Gasteiger partial charge in [-0.2, -0.15) is 0 Å². The van der Waals surface area contributed by atoms with Crippen molar-refractivity contribution in [1.29, 1.82) is 0 Å². The number of rotatable bonds is 2. The zero-order chi connectivity index (χ0) is 10.1. The third-order valence-corrected chi connectivity index (χ3v) is 2.46. The number of thiazole rings is 1. The second-order valence-electron chi connectivity index (χ2n) is 4.59. The lowest BCUT2D eigenvalue weighted by atomic mass is 9.93. The van der Waals surface area contributed by atoms with E-state index in [-0.39, 0.29) is 5.41 Å². The summed E-state index contributed by atoms with van der Waals surface area (Å²) in [5.74, 6) is 0. The summed E-state index contributed by atoms with van der Waals surface area (Å²) in [6, 6.07) is 0.457. The summed E-state index contributed by atoms with van der Waals surface area (Å²) in [5, 5.41) is 6.46. The van der Waals surface area contributed by atoms with Gasteiger partial charge in [-0.3, -0.25) is 0 Å². The summed E-state index contributed by atoms with van der Waals surface area (Å²) < 4.78 is 0. The Labute approximate surface area is 84.4 Å². The van der Waals surface area contributed by atoms with Crippen LogP contribution in [0.5, 0.6) is 0 Å². The third kappa shape index (κ3) is 2.99. The smallest absolute Gasteiger partial charge is 0.183 e. The number of nitrogens with zero attached hydrogens (tertiary/aromatic N) is 1. The van der Waals surface area contributed by atoms with Gasteiger partial charge in [-0.15, -0.1) is 11.3 Å². The van der Waals surface area contributed by atoms with Crippen molar-refractivity contribution in [1.82, 2.24) is 4.98 Å². The summed E-state index contributed by atoms with van der Waals surface area (Å²) in [6.45, 7) is 10.8. The van der Waals surface area contributed by atoms with E-state index in [1.807, 2.05) is 0 Å². The summed E-state index contributed by atoms with van der Waals surface area (Å²) in [6.07, 6.45) is 0.